The van der Waals surface area contributed by atoms with Crippen LogP contribution in [0.4, 0.5) is 35.5 Å². The number of carbonyl (C=O) groups is 2. The highest BCUT2D eigenvalue weighted by Gasteiger charge is 2.40. The average Bonchev–Trinajstić information content (AvgIpc) is 2.81. The zero-order valence-corrected chi connectivity index (χ0v) is 19.8. The van der Waals surface area contributed by atoms with Crippen molar-refractivity contribution in [1.82, 2.24) is 9.80 Å². The first-order chi connectivity index (χ1) is 16.6. The van der Waals surface area contributed by atoms with Crippen LogP contribution in [0.1, 0.15) is 59.7 Å². The van der Waals surface area contributed by atoms with Crippen molar-refractivity contribution in [2.24, 2.45) is 5.92 Å². The third kappa shape index (κ3) is 5.65. The lowest BCUT2D eigenvalue weighted by molar-refractivity contribution is -0.143. The molecule has 0 aromatic heterocycles. The monoisotopic (exact) mass is 518 g/mol. The van der Waals surface area contributed by atoms with Gasteiger partial charge in [-0.3, -0.25) is 0 Å². The minimum atomic E-state index is -5.02. The van der Waals surface area contributed by atoms with E-state index in [4.69, 9.17) is 0 Å². The second-order valence-electron chi connectivity index (χ2n) is 8.99. The number of benzene rings is 2. The predicted octanol–water partition coefficient (Wildman–Crippen LogP) is 6.94. The number of nitrogens with zero attached hydrogens (tertiary/aromatic N) is 2. The lowest BCUT2D eigenvalue weighted by Crippen LogP contribution is -2.49. The number of hydrogen-bond acceptors (Lipinski definition) is 2. The third-order valence-corrected chi connectivity index (χ3v) is 6.62. The van der Waals surface area contributed by atoms with Crippen LogP contribution in [-0.4, -0.2) is 35.7 Å². The fourth-order valence-electron chi connectivity index (χ4n) is 4.56. The average molecular weight is 518 g/mol. The maximum atomic E-state index is 13.7. The SMILES string of the molecule is Cc1cc(F)ccc1C1C(C=O)CCCN1C(=O)N(C)C(C)c1cc(C(F)(F)F)cc(C(F)(F)F)c1. The number of aldehydes is 1. The summed E-state index contributed by atoms with van der Waals surface area (Å²) in [6.45, 7) is 3.16. The van der Waals surface area contributed by atoms with E-state index in [0.717, 1.165) is 4.90 Å². The molecule has 0 bridgehead atoms. The summed E-state index contributed by atoms with van der Waals surface area (Å²) in [5.74, 6) is -1.11. The fourth-order valence-corrected chi connectivity index (χ4v) is 4.56. The van der Waals surface area contributed by atoms with Crippen LogP contribution in [0, 0.1) is 18.7 Å². The Morgan fingerprint density at radius 2 is 1.64 bits per heavy atom. The Bertz CT molecular complexity index is 1100. The summed E-state index contributed by atoms with van der Waals surface area (Å²) >= 11 is 0. The molecule has 1 heterocycles. The Morgan fingerprint density at radius 1 is 1.06 bits per heavy atom. The Morgan fingerprint density at radius 3 is 2.14 bits per heavy atom. The topological polar surface area (TPSA) is 40.6 Å². The van der Waals surface area contributed by atoms with Crippen LogP contribution in [0.5, 0.6) is 0 Å². The number of likely N-dealkylation sites (tertiary alicyclic amines) is 1. The van der Waals surface area contributed by atoms with Crippen LogP contribution in [0.2, 0.25) is 0 Å². The van der Waals surface area contributed by atoms with E-state index in [1.54, 1.807) is 6.92 Å². The quantitative estimate of drug-likeness (QED) is 0.325. The van der Waals surface area contributed by atoms with E-state index < -0.39 is 53.3 Å². The van der Waals surface area contributed by atoms with Gasteiger partial charge in [-0.25, -0.2) is 9.18 Å². The molecule has 3 unspecified atom stereocenters. The number of halogens is 7. The first kappa shape index (κ1) is 27.5. The van der Waals surface area contributed by atoms with Gasteiger partial charge in [0.1, 0.15) is 12.1 Å². The summed E-state index contributed by atoms with van der Waals surface area (Å²) in [6.07, 6.45) is -8.40. The molecule has 11 heteroatoms. The van der Waals surface area contributed by atoms with Gasteiger partial charge < -0.3 is 14.6 Å². The molecule has 1 aliphatic heterocycles. The fraction of sp³-hybridized carbons (Fsp3) is 0.440. The van der Waals surface area contributed by atoms with Crippen molar-refractivity contribution in [3.05, 3.63) is 70.0 Å². The van der Waals surface area contributed by atoms with Crippen LogP contribution in [0.3, 0.4) is 0 Å². The van der Waals surface area contributed by atoms with Crippen LogP contribution >= 0.6 is 0 Å². The normalized spacial score (nSPS) is 19.7. The lowest BCUT2D eigenvalue weighted by atomic mass is 9.84. The van der Waals surface area contributed by atoms with Crippen LogP contribution in [0.25, 0.3) is 0 Å². The molecule has 2 amide bonds. The molecule has 0 radical (unpaired) electrons. The molecule has 1 saturated heterocycles. The molecular formula is C25H25F7N2O2. The molecule has 0 spiro atoms. The highest BCUT2D eigenvalue weighted by atomic mass is 19.4. The summed E-state index contributed by atoms with van der Waals surface area (Å²) in [5, 5.41) is 0. The highest BCUT2D eigenvalue weighted by molar-refractivity contribution is 5.76. The molecule has 0 saturated carbocycles. The van der Waals surface area contributed by atoms with Crippen molar-refractivity contribution in [3.63, 3.8) is 0 Å². The van der Waals surface area contributed by atoms with Gasteiger partial charge in [0.25, 0.3) is 0 Å². The second-order valence-corrected chi connectivity index (χ2v) is 8.99. The number of amides is 2. The molecule has 1 fully saturated rings. The Hall–Kier alpha value is -3.11. The van der Waals surface area contributed by atoms with Gasteiger partial charge in [-0.15, -0.1) is 0 Å². The molecule has 1 aliphatic rings. The van der Waals surface area contributed by atoms with E-state index >= 15 is 0 Å². The molecular weight excluding hydrogens is 493 g/mol. The summed E-state index contributed by atoms with van der Waals surface area (Å²) < 4.78 is 93.6. The number of aryl methyl sites for hydroxylation is 1. The minimum absolute atomic E-state index is 0.0324. The van der Waals surface area contributed by atoms with E-state index in [1.807, 2.05) is 0 Å². The van der Waals surface area contributed by atoms with Gasteiger partial charge >= 0.3 is 18.4 Å². The maximum Gasteiger partial charge on any atom is 0.416 e. The Labute approximate surface area is 203 Å². The molecule has 4 nitrogen and oxygen atoms in total. The number of urea groups is 1. The molecule has 0 aliphatic carbocycles. The smallest absolute Gasteiger partial charge is 0.321 e. The predicted molar refractivity (Wildman–Crippen MR) is 117 cm³/mol. The van der Waals surface area contributed by atoms with Crippen LogP contribution in [-0.2, 0) is 17.1 Å². The van der Waals surface area contributed by atoms with Gasteiger partial charge in [0.2, 0.25) is 0 Å². The molecule has 0 N–H and O–H groups in total. The number of piperidine rings is 1. The van der Waals surface area contributed by atoms with Crippen molar-refractivity contribution in [1.29, 1.82) is 0 Å². The van der Waals surface area contributed by atoms with E-state index in [2.05, 4.69) is 0 Å². The largest absolute Gasteiger partial charge is 0.416 e. The van der Waals surface area contributed by atoms with Gasteiger partial charge in [-0.2, -0.15) is 26.3 Å². The minimum Gasteiger partial charge on any atom is -0.321 e. The molecule has 2 aromatic carbocycles. The first-order valence-corrected chi connectivity index (χ1v) is 11.2. The molecule has 3 rings (SSSR count). The standard InChI is InChI=1S/C25H25F7N2O2/c1-14-9-20(26)6-7-21(14)22-16(13-35)5-4-8-34(22)23(36)33(3)15(2)17-10-18(24(27,28)29)12-19(11-17)25(30,31)32/h6-7,9-13,15-16,22H,4-5,8H2,1-3H3. The van der Waals surface area contributed by atoms with Gasteiger partial charge in [0.15, 0.2) is 0 Å². The molecule has 196 valence electrons. The van der Waals surface area contributed by atoms with Crippen molar-refractivity contribution >= 4 is 12.3 Å². The zero-order chi connectivity index (χ0) is 27.0. The number of rotatable bonds is 4. The van der Waals surface area contributed by atoms with E-state index in [1.165, 1.54) is 37.1 Å². The molecule has 36 heavy (non-hydrogen) atoms. The number of carbonyl (C=O) groups excluding carboxylic acids is 2. The number of alkyl halides is 6. The summed E-state index contributed by atoms with van der Waals surface area (Å²) in [5.41, 5.74) is -2.24. The highest BCUT2D eigenvalue weighted by Crippen LogP contribution is 2.40. The summed E-state index contributed by atoms with van der Waals surface area (Å²) in [7, 11) is 1.28. The van der Waals surface area contributed by atoms with Gasteiger partial charge in [-0.1, -0.05) is 6.07 Å². The molecule has 2 aromatic rings. The molecule has 3 atom stereocenters. The van der Waals surface area contributed by atoms with Gasteiger partial charge in [0.05, 0.1) is 23.2 Å². The van der Waals surface area contributed by atoms with Crippen LogP contribution in [0.15, 0.2) is 36.4 Å². The third-order valence-electron chi connectivity index (χ3n) is 6.62. The zero-order valence-electron chi connectivity index (χ0n) is 19.8. The van der Waals surface area contributed by atoms with Gasteiger partial charge in [0, 0.05) is 19.5 Å². The van der Waals surface area contributed by atoms with Crippen molar-refractivity contribution < 1.29 is 40.3 Å². The van der Waals surface area contributed by atoms with Gasteiger partial charge in [-0.05, 0) is 73.7 Å². The number of hydrogen-bond donors (Lipinski definition) is 0. The van der Waals surface area contributed by atoms with E-state index in [9.17, 15) is 40.3 Å². The van der Waals surface area contributed by atoms with E-state index in [0.29, 0.717) is 42.4 Å². The van der Waals surface area contributed by atoms with Crippen molar-refractivity contribution in [2.45, 2.75) is 51.1 Å². The second kappa shape index (κ2) is 10.1. The van der Waals surface area contributed by atoms with Crippen LogP contribution < -0.4 is 0 Å². The Balaban J connectivity index is 2.00. The lowest BCUT2D eigenvalue weighted by Gasteiger charge is -2.43. The maximum absolute atomic E-state index is 13.7. The van der Waals surface area contributed by atoms with E-state index in [-0.39, 0.29) is 18.2 Å². The summed E-state index contributed by atoms with van der Waals surface area (Å²) in [6, 6.07) is 2.57. The summed E-state index contributed by atoms with van der Waals surface area (Å²) in [4.78, 5) is 27.8. The first-order valence-electron chi connectivity index (χ1n) is 11.2. The van der Waals surface area contributed by atoms with Crippen molar-refractivity contribution in [3.8, 4) is 0 Å². The van der Waals surface area contributed by atoms with Crippen molar-refractivity contribution in [2.75, 3.05) is 13.6 Å². The Kier molecular flexibility index (Phi) is 7.71.